The van der Waals surface area contributed by atoms with Gasteiger partial charge in [-0.25, -0.2) is 12.7 Å². The van der Waals surface area contributed by atoms with Crippen molar-refractivity contribution in [3.63, 3.8) is 0 Å². The number of sulfonamides is 1. The fourth-order valence-corrected chi connectivity index (χ4v) is 5.59. The molecule has 0 aromatic heterocycles. The Hall–Kier alpha value is -1.80. The molecule has 1 aliphatic heterocycles. The first kappa shape index (κ1) is 26.8. The Morgan fingerprint density at radius 3 is 2.41 bits per heavy atom. The number of ketones is 1. The minimum atomic E-state index is -3.21. The molecule has 3 rings (SSSR count). The highest BCUT2D eigenvalue weighted by atomic mass is 35.5. The van der Waals surface area contributed by atoms with Gasteiger partial charge in [0.05, 0.1) is 23.4 Å². The first-order chi connectivity index (χ1) is 16.0. The Balaban J connectivity index is 1.69. The SMILES string of the molecule is COc1ccc(Oc2c(Cl)ccc(CCC(=O)C3CCN(S(C)(=O)=O)CC3)c2Cl)cc1C(C)C. The topological polar surface area (TPSA) is 72.9 Å². The van der Waals surface area contributed by atoms with Crippen molar-refractivity contribution in [2.24, 2.45) is 5.92 Å². The molecule has 0 amide bonds. The summed E-state index contributed by atoms with van der Waals surface area (Å²) in [5.74, 6) is 1.97. The molecule has 1 saturated heterocycles. The van der Waals surface area contributed by atoms with E-state index in [0.717, 1.165) is 16.9 Å². The highest BCUT2D eigenvalue weighted by molar-refractivity contribution is 7.88. The molecular formula is C25H31Cl2NO5S. The smallest absolute Gasteiger partial charge is 0.211 e. The van der Waals surface area contributed by atoms with Gasteiger partial charge in [-0.05, 0) is 55.0 Å². The summed E-state index contributed by atoms with van der Waals surface area (Å²) in [6, 6.07) is 9.10. The third-order valence-corrected chi connectivity index (χ3v) is 8.21. The van der Waals surface area contributed by atoms with Crippen LogP contribution in [0.3, 0.4) is 0 Å². The van der Waals surface area contributed by atoms with Crippen molar-refractivity contribution in [3.8, 4) is 17.2 Å². The molecule has 0 N–H and O–H groups in total. The van der Waals surface area contributed by atoms with Crippen LogP contribution >= 0.6 is 23.2 Å². The van der Waals surface area contributed by atoms with Crippen molar-refractivity contribution >= 4 is 39.0 Å². The van der Waals surface area contributed by atoms with Crippen molar-refractivity contribution in [3.05, 3.63) is 51.5 Å². The summed E-state index contributed by atoms with van der Waals surface area (Å²) >= 11 is 13.0. The zero-order chi connectivity index (χ0) is 25.0. The number of Topliss-reactive ketones (excluding diaryl/α,β-unsaturated/α-hetero) is 1. The Morgan fingerprint density at radius 1 is 1.15 bits per heavy atom. The van der Waals surface area contributed by atoms with Gasteiger partial charge in [-0.3, -0.25) is 4.79 Å². The largest absolute Gasteiger partial charge is 0.496 e. The minimum Gasteiger partial charge on any atom is -0.496 e. The number of benzene rings is 2. The molecule has 2 aromatic rings. The molecule has 6 nitrogen and oxygen atoms in total. The van der Waals surface area contributed by atoms with Crippen molar-refractivity contribution < 1.29 is 22.7 Å². The van der Waals surface area contributed by atoms with Gasteiger partial charge in [0.1, 0.15) is 17.3 Å². The molecule has 186 valence electrons. The standard InChI is InChI=1S/C25H31Cl2NO5S/c1-16(2)20-15-19(7-10-23(20)32-3)33-25-21(26)8-5-18(24(25)27)6-9-22(29)17-11-13-28(14-12-17)34(4,30)31/h5,7-8,10,15-17H,6,9,11-14H2,1-4H3. The maximum atomic E-state index is 12.8. The maximum Gasteiger partial charge on any atom is 0.211 e. The lowest BCUT2D eigenvalue weighted by molar-refractivity contribution is -0.123. The third kappa shape index (κ3) is 6.45. The molecule has 0 radical (unpaired) electrons. The molecule has 0 atom stereocenters. The quantitative estimate of drug-likeness (QED) is 0.394. The summed E-state index contributed by atoms with van der Waals surface area (Å²) in [6.07, 6.45) is 3.07. The van der Waals surface area contributed by atoms with Crippen molar-refractivity contribution in [1.82, 2.24) is 4.31 Å². The van der Waals surface area contributed by atoms with Gasteiger partial charge in [-0.2, -0.15) is 0 Å². The lowest BCUT2D eigenvalue weighted by Gasteiger charge is -2.29. The van der Waals surface area contributed by atoms with E-state index < -0.39 is 10.0 Å². The molecule has 0 spiro atoms. The number of ether oxygens (including phenoxy) is 2. The molecule has 0 aliphatic carbocycles. The summed E-state index contributed by atoms with van der Waals surface area (Å²) in [5.41, 5.74) is 1.79. The average Bonchev–Trinajstić information content (AvgIpc) is 2.80. The van der Waals surface area contributed by atoms with E-state index in [0.29, 0.717) is 60.3 Å². The Morgan fingerprint density at radius 2 is 1.82 bits per heavy atom. The Bertz CT molecular complexity index is 1140. The van der Waals surface area contributed by atoms with Gasteiger partial charge >= 0.3 is 0 Å². The van der Waals surface area contributed by atoms with Crippen molar-refractivity contribution in [2.75, 3.05) is 26.5 Å². The Labute approximate surface area is 212 Å². The number of hydrogen-bond acceptors (Lipinski definition) is 5. The predicted octanol–water partition coefficient (Wildman–Crippen LogP) is 6.09. The van der Waals surface area contributed by atoms with E-state index in [1.54, 1.807) is 19.2 Å². The van der Waals surface area contributed by atoms with Gasteiger partial charge in [0.2, 0.25) is 10.0 Å². The van der Waals surface area contributed by atoms with E-state index in [1.807, 2.05) is 18.2 Å². The second-order valence-electron chi connectivity index (χ2n) is 8.91. The highest BCUT2D eigenvalue weighted by Crippen LogP contribution is 2.40. The van der Waals surface area contributed by atoms with E-state index in [9.17, 15) is 13.2 Å². The van der Waals surface area contributed by atoms with Gasteiger partial charge < -0.3 is 9.47 Å². The zero-order valence-electron chi connectivity index (χ0n) is 19.9. The van der Waals surface area contributed by atoms with Crippen LogP contribution < -0.4 is 9.47 Å². The van der Waals surface area contributed by atoms with E-state index in [-0.39, 0.29) is 17.6 Å². The van der Waals surface area contributed by atoms with E-state index in [2.05, 4.69) is 13.8 Å². The van der Waals surface area contributed by atoms with Gasteiger partial charge in [-0.1, -0.05) is 43.1 Å². The van der Waals surface area contributed by atoms with Crippen LogP contribution in [-0.2, 0) is 21.2 Å². The van der Waals surface area contributed by atoms with E-state index in [1.165, 1.54) is 10.6 Å². The van der Waals surface area contributed by atoms with E-state index >= 15 is 0 Å². The number of nitrogens with zero attached hydrogens (tertiary/aromatic N) is 1. The molecule has 0 saturated carbocycles. The molecule has 2 aromatic carbocycles. The summed E-state index contributed by atoms with van der Waals surface area (Å²) in [7, 11) is -1.58. The van der Waals surface area contributed by atoms with Crippen LogP contribution in [-0.4, -0.2) is 45.0 Å². The third-order valence-electron chi connectivity index (χ3n) is 6.19. The maximum absolute atomic E-state index is 12.8. The van der Waals surface area contributed by atoms with Crippen LogP contribution in [0.5, 0.6) is 17.2 Å². The summed E-state index contributed by atoms with van der Waals surface area (Å²) in [4.78, 5) is 12.8. The van der Waals surface area contributed by atoms with Gasteiger partial charge in [0, 0.05) is 31.0 Å². The van der Waals surface area contributed by atoms with Crippen molar-refractivity contribution in [1.29, 1.82) is 0 Å². The first-order valence-electron chi connectivity index (χ1n) is 11.3. The number of carbonyl (C=O) groups excluding carboxylic acids is 1. The molecule has 9 heteroatoms. The molecule has 0 bridgehead atoms. The second-order valence-corrected chi connectivity index (χ2v) is 11.7. The number of carbonyl (C=O) groups is 1. The van der Waals surface area contributed by atoms with E-state index in [4.69, 9.17) is 32.7 Å². The summed E-state index contributed by atoms with van der Waals surface area (Å²) in [6.45, 7) is 4.92. The van der Waals surface area contributed by atoms with Crippen LogP contribution in [0, 0.1) is 5.92 Å². The highest BCUT2D eigenvalue weighted by Gasteiger charge is 2.28. The average molecular weight is 528 g/mol. The first-order valence-corrected chi connectivity index (χ1v) is 13.9. The lowest BCUT2D eigenvalue weighted by atomic mass is 9.90. The van der Waals surface area contributed by atoms with Crippen LogP contribution in [0.25, 0.3) is 0 Å². The van der Waals surface area contributed by atoms with Crippen LogP contribution in [0.4, 0.5) is 0 Å². The monoisotopic (exact) mass is 527 g/mol. The number of hydrogen-bond donors (Lipinski definition) is 0. The van der Waals surface area contributed by atoms with Gasteiger partial charge in [-0.15, -0.1) is 0 Å². The molecule has 0 unspecified atom stereocenters. The van der Waals surface area contributed by atoms with Crippen molar-refractivity contribution in [2.45, 2.75) is 45.4 Å². The summed E-state index contributed by atoms with van der Waals surface area (Å²) < 4.78 is 36.3. The minimum absolute atomic E-state index is 0.123. The molecule has 1 fully saturated rings. The van der Waals surface area contributed by atoms with Gasteiger partial charge in [0.15, 0.2) is 5.75 Å². The summed E-state index contributed by atoms with van der Waals surface area (Å²) in [5, 5.41) is 0.768. The molecule has 1 heterocycles. The molecule has 34 heavy (non-hydrogen) atoms. The predicted molar refractivity (Wildman–Crippen MR) is 136 cm³/mol. The zero-order valence-corrected chi connectivity index (χ0v) is 22.3. The molecular weight excluding hydrogens is 497 g/mol. The fourth-order valence-electron chi connectivity index (χ4n) is 4.18. The second kappa shape index (κ2) is 11.3. The Kier molecular flexibility index (Phi) is 8.90. The van der Waals surface area contributed by atoms with Crippen LogP contribution in [0.2, 0.25) is 10.0 Å². The fraction of sp³-hybridized carbons (Fsp3) is 0.480. The lowest BCUT2D eigenvalue weighted by Crippen LogP contribution is -2.39. The molecule has 1 aliphatic rings. The van der Waals surface area contributed by atoms with Gasteiger partial charge in [0.25, 0.3) is 0 Å². The number of methoxy groups -OCH3 is 1. The number of rotatable bonds is 9. The number of halogens is 2. The van der Waals surface area contributed by atoms with Crippen LogP contribution in [0.1, 0.15) is 50.2 Å². The number of aryl methyl sites for hydroxylation is 1. The normalized spacial score (nSPS) is 15.5. The number of piperidine rings is 1. The van der Waals surface area contributed by atoms with Crippen LogP contribution in [0.15, 0.2) is 30.3 Å².